The van der Waals surface area contributed by atoms with E-state index in [1.165, 1.54) is 0 Å². The van der Waals surface area contributed by atoms with Crippen molar-refractivity contribution in [3.8, 4) is 0 Å². The molecule has 29 heavy (non-hydrogen) atoms. The van der Waals surface area contributed by atoms with Crippen molar-refractivity contribution in [3.05, 3.63) is 66.1 Å². The number of nitrogens with zero attached hydrogens (tertiary/aromatic N) is 2. The fraction of sp³-hybridized carbons (Fsp3) is 0.391. The summed E-state index contributed by atoms with van der Waals surface area (Å²) < 4.78 is 11.8. The molecule has 3 atom stereocenters. The molecule has 2 fully saturated rings. The molecule has 6 nitrogen and oxygen atoms in total. The molecule has 2 aromatic heterocycles. The van der Waals surface area contributed by atoms with Gasteiger partial charge in [-0.15, -0.1) is 0 Å². The Morgan fingerprint density at radius 2 is 2.10 bits per heavy atom. The summed E-state index contributed by atoms with van der Waals surface area (Å²) in [6.07, 6.45) is 2.87. The van der Waals surface area contributed by atoms with Gasteiger partial charge in [-0.1, -0.05) is 24.3 Å². The van der Waals surface area contributed by atoms with Gasteiger partial charge in [0.1, 0.15) is 5.69 Å². The monoisotopic (exact) mass is 391 g/mol. The molecule has 5 rings (SSSR count). The van der Waals surface area contributed by atoms with E-state index in [4.69, 9.17) is 9.47 Å². The highest BCUT2D eigenvalue weighted by molar-refractivity contribution is 5.98. The zero-order valence-corrected chi connectivity index (χ0v) is 16.3. The fourth-order valence-electron chi connectivity index (χ4n) is 4.52. The fourth-order valence-corrected chi connectivity index (χ4v) is 4.52. The van der Waals surface area contributed by atoms with Gasteiger partial charge in [0.25, 0.3) is 5.91 Å². The van der Waals surface area contributed by atoms with Gasteiger partial charge in [0, 0.05) is 42.7 Å². The summed E-state index contributed by atoms with van der Waals surface area (Å²) >= 11 is 0. The first-order valence-corrected chi connectivity index (χ1v) is 10.2. The number of fused-ring (bicyclic) bond motifs is 2. The van der Waals surface area contributed by atoms with Gasteiger partial charge in [0.15, 0.2) is 0 Å². The molecule has 0 unspecified atom stereocenters. The highest BCUT2D eigenvalue weighted by Gasteiger charge is 2.45. The number of aromatic nitrogens is 2. The van der Waals surface area contributed by atoms with Crippen LogP contribution in [0.2, 0.25) is 0 Å². The highest BCUT2D eigenvalue weighted by atomic mass is 16.5. The van der Waals surface area contributed by atoms with E-state index in [0.717, 1.165) is 36.2 Å². The van der Waals surface area contributed by atoms with Gasteiger partial charge < -0.3 is 19.4 Å². The summed E-state index contributed by atoms with van der Waals surface area (Å²) in [5, 5.41) is 1.06. The summed E-state index contributed by atoms with van der Waals surface area (Å²) in [6.45, 7) is 3.40. The first-order chi connectivity index (χ1) is 14.3. The lowest BCUT2D eigenvalue weighted by Crippen LogP contribution is -2.31. The van der Waals surface area contributed by atoms with Crippen LogP contribution in [0, 0.1) is 11.8 Å². The number of hydrogen-bond acceptors (Lipinski definition) is 4. The van der Waals surface area contributed by atoms with E-state index in [-0.39, 0.29) is 12.0 Å². The third-order valence-electron chi connectivity index (χ3n) is 6.10. The number of hydrogen-bond donors (Lipinski definition) is 1. The second-order valence-corrected chi connectivity index (χ2v) is 7.94. The molecular weight excluding hydrogens is 366 g/mol. The molecular formula is C23H25N3O3. The summed E-state index contributed by atoms with van der Waals surface area (Å²) in [6, 6.07) is 15.8. The Morgan fingerprint density at radius 1 is 1.21 bits per heavy atom. The van der Waals surface area contributed by atoms with E-state index in [0.29, 0.717) is 37.3 Å². The number of carbonyl (C=O) groups is 1. The van der Waals surface area contributed by atoms with Gasteiger partial charge in [-0.25, -0.2) is 0 Å². The normalized spacial score (nSPS) is 23.6. The number of nitrogens with one attached hydrogen (secondary N) is 1. The average Bonchev–Trinajstić information content (AvgIpc) is 3.46. The van der Waals surface area contributed by atoms with Gasteiger partial charge in [-0.3, -0.25) is 9.78 Å². The van der Waals surface area contributed by atoms with Crippen LogP contribution in [-0.4, -0.2) is 53.2 Å². The van der Waals surface area contributed by atoms with Crippen LogP contribution in [0.5, 0.6) is 0 Å². The number of pyridine rings is 1. The van der Waals surface area contributed by atoms with Crippen molar-refractivity contribution >= 4 is 16.8 Å². The maximum absolute atomic E-state index is 13.0. The average molecular weight is 391 g/mol. The van der Waals surface area contributed by atoms with E-state index in [9.17, 15) is 4.79 Å². The smallest absolute Gasteiger partial charge is 0.270 e. The molecule has 2 saturated heterocycles. The van der Waals surface area contributed by atoms with Gasteiger partial charge in [-0.05, 0) is 36.6 Å². The molecule has 1 amide bonds. The highest BCUT2D eigenvalue weighted by Crippen LogP contribution is 2.36. The number of para-hydroxylation sites is 1. The molecule has 0 spiro atoms. The summed E-state index contributed by atoms with van der Waals surface area (Å²) in [5.74, 6) is 0.885. The first-order valence-electron chi connectivity index (χ1n) is 10.2. The minimum Gasteiger partial charge on any atom is -0.376 e. The van der Waals surface area contributed by atoms with Crippen molar-refractivity contribution in [2.45, 2.75) is 19.1 Å². The lowest BCUT2D eigenvalue weighted by atomic mass is 9.91. The van der Waals surface area contributed by atoms with Crippen LogP contribution in [0.3, 0.4) is 0 Å². The number of benzene rings is 1. The van der Waals surface area contributed by atoms with Crippen LogP contribution in [0.1, 0.15) is 22.6 Å². The first kappa shape index (κ1) is 18.3. The van der Waals surface area contributed by atoms with E-state index in [1.54, 1.807) is 6.20 Å². The predicted octanol–water partition coefficient (Wildman–Crippen LogP) is 3.26. The van der Waals surface area contributed by atoms with Gasteiger partial charge in [0.2, 0.25) is 0 Å². The number of aromatic amines is 1. The maximum atomic E-state index is 13.0. The molecule has 0 aliphatic carbocycles. The van der Waals surface area contributed by atoms with Crippen molar-refractivity contribution in [2.75, 3.05) is 26.3 Å². The lowest BCUT2D eigenvalue weighted by molar-refractivity contribution is 0.0643. The zero-order chi connectivity index (χ0) is 19.6. The Morgan fingerprint density at radius 3 is 2.97 bits per heavy atom. The number of carbonyl (C=O) groups excluding carboxylic acids is 1. The van der Waals surface area contributed by atoms with Crippen molar-refractivity contribution in [2.24, 2.45) is 11.8 Å². The summed E-state index contributed by atoms with van der Waals surface area (Å²) in [7, 11) is 0. The van der Waals surface area contributed by atoms with Crippen LogP contribution in [0.4, 0.5) is 0 Å². The lowest BCUT2D eigenvalue weighted by Gasteiger charge is -2.19. The van der Waals surface area contributed by atoms with Crippen molar-refractivity contribution in [1.29, 1.82) is 0 Å². The van der Waals surface area contributed by atoms with Crippen molar-refractivity contribution < 1.29 is 14.3 Å². The van der Waals surface area contributed by atoms with Crippen LogP contribution >= 0.6 is 0 Å². The zero-order valence-electron chi connectivity index (χ0n) is 16.3. The number of likely N-dealkylation sites (tertiary alicyclic amines) is 1. The standard InChI is InChI=1S/C23H25N3O3/c27-23(21-11-16-5-1-2-7-20(16)25-21)26-12-19-17(14-29-22(19)13-26)8-10-28-15-18-6-3-4-9-24-18/h1-7,9,11,17,19,22,25H,8,10,12-15H2/t17-,19-,22-/m0/s1. The number of H-pyrrole nitrogens is 1. The molecule has 2 aliphatic heterocycles. The second-order valence-electron chi connectivity index (χ2n) is 7.94. The third kappa shape index (κ3) is 3.78. The molecule has 0 saturated carbocycles. The Hall–Kier alpha value is -2.70. The molecule has 0 bridgehead atoms. The van der Waals surface area contributed by atoms with E-state index in [2.05, 4.69) is 9.97 Å². The Labute approximate surface area is 169 Å². The molecule has 1 N–H and O–H groups in total. The summed E-state index contributed by atoms with van der Waals surface area (Å²) in [5.41, 5.74) is 2.60. The van der Waals surface area contributed by atoms with Crippen molar-refractivity contribution in [3.63, 3.8) is 0 Å². The molecule has 3 aromatic rings. The number of rotatable bonds is 6. The largest absolute Gasteiger partial charge is 0.376 e. The molecule has 150 valence electrons. The topological polar surface area (TPSA) is 67.5 Å². The van der Waals surface area contributed by atoms with E-state index in [1.807, 2.05) is 53.4 Å². The van der Waals surface area contributed by atoms with Gasteiger partial charge in [0.05, 0.1) is 25.0 Å². The van der Waals surface area contributed by atoms with Gasteiger partial charge in [-0.2, -0.15) is 0 Å². The van der Waals surface area contributed by atoms with E-state index >= 15 is 0 Å². The minimum absolute atomic E-state index is 0.0596. The predicted molar refractivity (Wildman–Crippen MR) is 109 cm³/mol. The van der Waals surface area contributed by atoms with Crippen LogP contribution in [0.15, 0.2) is 54.7 Å². The van der Waals surface area contributed by atoms with Crippen LogP contribution < -0.4 is 0 Å². The van der Waals surface area contributed by atoms with Crippen LogP contribution in [-0.2, 0) is 16.1 Å². The minimum atomic E-state index is 0.0596. The molecule has 2 aliphatic rings. The second kappa shape index (κ2) is 7.97. The Balaban J connectivity index is 1.15. The maximum Gasteiger partial charge on any atom is 0.270 e. The quantitative estimate of drug-likeness (QED) is 0.655. The molecule has 4 heterocycles. The number of ether oxygens (including phenoxy) is 2. The SMILES string of the molecule is O=C(c1cc2ccccc2[nH]1)N1C[C@H]2[C@@H](CCOCc3ccccn3)CO[C@H]2C1. The Kier molecular flexibility index (Phi) is 5.04. The van der Waals surface area contributed by atoms with E-state index < -0.39 is 0 Å². The van der Waals surface area contributed by atoms with Crippen molar-refractivity contribution in [1.82, 2.24) is 14.9 Å². The Bertz CT molecular complexity index is 954. The summed E-state index contributed by atoms with van der Waals surface area (Å²) in [4.78, 5) is 22.4. The number of amides is 1. The van der Waals surface area contributed by atoms with Crippen LogP contribution in [0.25, 0.3) is 10.9 Å². The van der Waals surface area contributed by atoms with Gasteiger partial charge >= 0.3 is 0 Å². The third-order valence-corrected chi connectivity index (χ3v) is 6.10. The molecule has 6 heteroatoms. The molecule has 0 radical (unpaired) electrons. The molecule has 1 aromatic carbocycles.